The minimum Gasteiger partial charge on any atom is -0.383 e. The van der Waals surface area contributed by atoms with E-state index in [9.17, 15) is 0 Å². The van der Waals surface area contributed by atoms with E-state index in [2.05, 4.69) is 31.2 Å². The van der Waals surface area contributed by atoms with Gasteiger partial charge < -0.3 is 11.1 Å². The molecule has 4 rings (SSSR count). The molecule has 0 spiro atoms. The summed E-state index contributed by atoms with van der Waals surface area (Å²) in [6, 6.07) is 12.3. The van der Waals surface area contributed by atoms with E-state index in [1.54, 1.807) is 0 Å². The lowest BCUT2D eigenvalue weighted by atomic mass is 10.0. The van der Waals surface area contributed by atoms with Crippen molar-refractivity contribution in [1.29, 1.82) is 5.26 Å². The van der Waals surface area contributed by atoms with E-state index >= 15 is 0 Å². The number of benzene rings is 1. The molecule has 1 fully saturated rings. The van der Waals surface area contributed by atoms with Gasteiger partial charge in [-0.15, -0.1) is 0 Å². The smallest absolute Gasteiger partial charge is 0.226 e. The summed E-state index contributed by atoms with van der Waals surface area (Å²) in [4.78, 5) is 16.0. The van der Waals surface area contributed by atoms with Crippen molar-refractivity contribution in [2.24, 2.45) is 0 Å². The molecule has 0 saturated carbocycles. The highest BCUT2D eigenvalue weighted by atomic mass is 15.2. The number of likely N-dealkylation sites (tertiary alicyclic amines) is 1. The molecule has 1 saturated heterocycles. The molecule has 0 radical (unpaired) electrons. The van der Waals surface area contributed by atoms with E-state index in [-0.39, 0.29) is 0 Å². The molecule has 2 aromatic heterocycles. The van der Waals surface area contributed by atoms with E-state index in [1.165, 1.54) is 5.56 Å². The number of nitrogens with zero attached hydrogens (tertiary/aromatic N) is 5. The van der Waals surface area contributed by atoms with Gasteiger partial charge in [0, 0.05) is 31.4 Å². The molecule has 1 aromatic carbocycles. The van der Waals surface area contributed by atoms with Crippen LogP contribution in [-0.2, 0) is 6.54 Å². The number of hydrogen-bond acceptors (Lipinski definition) is 7. The number of aryl methyl sites for hydroxylation is 2. The number of nitrogens with one attached hydrogen (secondary N) is 1. The van der Waals surface area contributed by atoms with Gasteiger partial charge in [0.25, 0.3) is 0 Å². The Morgan fingerprint density at radius 3 is 2.55 bits per heavy atom. The van der Waals surface area contributed by atoms with Gasteiger partial charge in [0.15, 0.2) is 5.65 Å². The summed E-state index contributed by atoms with van der Waals surface area (Å²) in [5.74, 6) is 1.03. The molecule has 3 N–H and O–H groups in total. The summed E-state index contributed by atoms with van der Waals surface area (Å²) in [7, 11) is 0. The second-order valence-corrected chi connectivity index (χ2v) is 7.72. The summed E-state index contributed by atoms with van der Waals surface area (Å²) in [5, 5.41) is 13.2. The molecule has 3 heterocycles. The Morgan fingerprint density at radius 2 is 1.86 bits per heavy atom. The number of fused-ring (bicyclic) bond motifs is 1. The number of nitrogen functional groups attached to an aromatic ring is 1. The first-order valence-corrected chi connectivity index (χ1v) is 9.91. The van der Waals surface area contributed by atoms with Crippen molar-refractivity contribution in [3.8, 4) is 6.07 Å². The van der Waals surface area contributed by atoms with Gasteiger partial charge in [0.2, 0.25) is 5.95 Å². The fourth-order valence-electron chi connectivity index (χ4n) is 3.94. The number of rotatable bonds is 4. The third-order valence-corrected chi connectivity index (χ3v) is 5.43. The predicted octanol–water partition coefficient (Wildman–Crippen LogP) is 3.17. The Labute approximate surface area is 170 Å². The third kappa shape index (κ3) is 4.28. The molecule has 0 unspecified atom stereocenters. The molecule has 0 atom stereocenters. The van der Waals surface area contributed by atoms with Gasteiger partial charge in [-0.3, -0.25) is 4.90 Å². The molecule has 148 valence electrons. The lowest BCUT2D eigenvalue weighted by molar-refractivity contribution is 0.211. The highest BCUT2D eigenvalue weighted by Gasteiger charge is 2.20. The Bertz CT molecular complexity index is 1060. The molecule has 7 heteroatoms. The van der Waals surface area contributed by atoms with Crippen LogP contribution in [0, 0.1) is 25.2 Å². The van der Waals surface area contributed by atoms with E-state index < -0.39 is 0 Å². The highest BCUT2D eigenvalue weighted by molar-refractivity contribution is 5.89. The first kappa shape index (κ1) is 19.1. The summed E-state index contributed by atoms with van der Waals surface area (Å²) in [6.45, 7) is 6.86. The van der Waals surface area contributed by atoms with Gasteiger partial charge >= 0.3 is 0 Å². The Kier molecular flexibility index (Phi) is 5.28. The maximum absolute atomic E-state index is 8.91. The van der Waals surface area contributed by atoms with Crippen LogP contribution in [0.4, 0.5) is 11.8 Å². The van der Waals surface area contributed by atoms with Crippen LogP contribution in [0.1, 0.15) is 35.2 Å². The van der Waals surface area contributed by atoms with Crippen molar-refractivity contribution in [1.82, 2.24) is 19.9 Å². The van der Waals surface area contributed by atoms with Gasteiger partial charge in [-0.25, -0.2) is 4.98 Å². The molecule has 1 aliphatic heterocycles. The Balaban J connectivity index is 1.38. The lowest BCUT2D eigenvalue weighted by Crippen LogP contribution is -2.39. The summed E-state index contributed by atoms with van der Waals surface area (Å²) in [5.41, 5.74) is 10.7. The molecule has 0 amide bonds. The van der Waals surface area contributed by atoms with E-state index in [1.807, 2.05) is 44.2 Å². The van der Waals surface area contributed by atoms with E-state index in [4.69, 9.17) is 11.0 Å². The average Bonchev–Trinajstić information content (AvgIpc) is 2.69. The molecule has 0 bridgehead atoms. The first-order valence-electron chi connectivity index (χ1n) is 9.91. The second-order valence-electron chi connectivity index (χ2n) is 7.72. The largest absolute Gasteiger partial charge is 0.383 e. The van der Waals surface area contributed by atoms with Crippen LogP contribution in [0.25, 0.3) is 11.0 Å². The topological polar surface area (TPSA) is 104 Å². The fourth-order valence-corrected chi connectivity index (χ4v) is 3.94. The Morgan fingerprint density at radius 1 is 1.14 bits per heavy atom. The van der Waals surface area contributed by atoms with Crippen molar-refractivity contribution in [2.45, 2.75) is 39.3 Å². The van der Waals surface area contributed by atoms with Crippen LogP contribution >= 0.6 is 0 Å². The monoisotopic (exact) mass is 387 g/mol. The normalized spacial score (nSPS) is 15.3. The summed E-state index contributed by atoms with van der Waals surface area (Å²) < 4.78 is 0. The second kappa shape index (κ2) is 8.02. The molecule has 7 nitrogen and oxygen atoms in total. The van der Waals surface area contributed by atoms with Gasteiger partial charge in [-0.2, -0.15) is 15.2 Å². The number of nitriles is 1. The Hall–Kier alpha value is -3.24. The van der Waals surface area contributed by atoms with Crippen LogP contribution in [0.2, 0.25) is 0 Å². The molecule has 0 aliphatic carbocycles. The zero-order chi connectivity index (χ0) is 20.4. The van der Waals surface area contributed by atoms with E-state index in [0.717, 1.165) is 49.1 Å². The maximum atomic E-state index is 8.91. The van der Waals surface area contributed by atoms with Gasteiger partial charge in [-0.1, -0.05) is 12.1 Å². The average molecular weight is 387 g/mol. The fraction of sp³-hybridized carbons (Fsp3) is 0.364. The zero-order valence-corrected chi connectivity index (χ0v) is 16.8. The minimum absolute atomic E-state index is 0.315. The number of piperidine rings is 1. The minimum atomic E-state index is 0.315. The number of nitrogens with two attached hydrogens (primary N) is 1. The lowest BCUT2D eigenvalue weighted by Gasteiger charge is -2.32. The van der Waals surface area contributed by atoms with Crippen LogP contribution in [0.3, 0.4) is 0 Å². The summed E-state index contributed by atoms with van der Waals surface area (Å²) in [6.07, 6.45) is 2.02. The van der Waals surface area contributed by atoms with Crippen molar-refractivity contribution in [3.05, 3.63) is 52.7 Å². The highest BCUT2D eigenvalue weighted by Crippen LogP contribution is 2.24. The van der Waals surface area contributed by atoms with Crippen molar-refractivity contribution in [3.63, 3.8) is 0 Å². The first-order chi connectivity index (χ1) is 14.0. The molecular weight excluding hydrogens is 362 g/mol. The van der Waals surface area contributed by atoms with Crippen LogP contribution < -0.4 is 11.1 Å². The quantitative estimate of drug-likeness (QED) is 0.708. The van der Waals surface area contributed by atoms with E-state index in [0.29, 0.717) is 29.0 Å². The number of aromatic nitrogens is 3. The predicted molar refractivity (Wildman–Crippen MR) is 114 cm³/mol. The zero-order valence-electron chi connectivity index (χ0n) is 16.8. The number of pyridine rings is 1. The van der Waals surface area contributed by atoms with Crippen molar-refractivity contribution < 1.29 is 0 Å². The molecule has 3 aromatic rings. The SMILES string of the molecule is Cc1cc(C)c2c(N)nc(NC3CCN(Cc4ccc(C#N)cc4)CC3)nc2n1. The summed E-state index contributed by atoms with van der Waals surface area (Å²) >= 11 is 0. The third-order valence-electron chi connectivity index (χ3n) is 5.43. The van der Waals surface area contributed by atoms with Gasteiger partial charge in [-0.05, 0) is 56.0 Å². The van der Waals surface area contributed by atoms with Gasteiger partial charge in [0.05, 0.1) is 17.0 Å². The van der Waals surface area contributed by atoms with Crippen molar-refractivity contribution in [2.75, 3.05) is 24.1 Å². The van der Waals surface area contributed by atoms with Crippen molar-refractivity contribution >= 4 is 22.8 Å². The van der Waals surface area contributed by atoms with Crippen LogP contribution in [-0.4, -0.2) is 39.0 Å². The maximum Gasteiger partial charge on any atom is 0.226 e. The van der Waals surface area contributed by atoms with Gasteiger partial charge in [0.1, 0.15) is 5.82 Å². The molecule has 29 heavy (non-hydrogen) atoms. The molecule has 1 aliphatic rings. The number of anilines is 2. The van der Waals surface area contributed by atoms with Crippen LogP contribution in [0.5, 0.6) is 0 Å². The number of hydrogen-bond donors (Lipinski definition) is 2. The molecular formula is C22H25N7. The standard InChI is InChI=1S/C22H25N7/c1-14-11-15(2)25-21-19(14)20(24)27-22(28-21)26-18-7-9-29(10-8-18)13-17-5-3-16(12-23)4-6-17/h3-6,11,18H,7-10,13H2,1-2H3,(H3,24,25,26,27,28). The van der Waals surface area contributed by atoms with Crippen LogP contribution in [0.15, 0.2) is 30.3 Å².